The molecule has 0 atom stereocenters. The monoisotopic (exact) mass is 266 g/mol. The number of carbonyl (C=O) groups is 4. The Bertz CT molecular complexity index is 392. The van der Waals surface area contributed by atoms with Gasteiger partial charge >= 0.3 is 37.1 Å². The molecule has 1 heterocycles. The molecule has 1 fully saturated rings. The van der Waals surface area contributed by atoms with Crippen LogP contribution in [-0.4, -0.2) is 44.2 Å². The number of methoxy groups -OCH3 is 1. The minimum Gasteiger partial charge on any atom is -0.464 e. The van der Waals surface area contributed by atoms with Gasteiger partial charge in [-0.15, -0.1) is 0 Å². The van der Waals surface area contributed by atoms with E-state index in [4.69, 9.17) is 0 Å². The van der Waals surface area contributed by atoms with Gasteiger partial charge in [0.2, 0.25) is 0 Å². The molecule has 0 saturated carbocycles. The third kappa shape index (κ3) is 2.93. The Morgan fingerprint density at radius 2 is 1.72 bits per heavy atom. The molecule has 0 aliphatic carbocycles. The summed E-state index contributed by atoms with van der Waals surface area (Å²) in [6.45, 7) is 0. The van der Waals surface area contributed by atoms with Gasteiger partial charge < -0.3 is 18.7 Å². The van der Waals surface area contributed by atoms with Crippen molar-refractivity contribution in [2.45, 2.75) is 12.3 Å². The Labute approximate surface area is 98.3 Å². The van der Waals surface area contributed by atoms with E-state index in [1.54, 1.807) is 0 Å². The van der Waals surface area contributed by atoms with Crippen LogP contribution in [0.1, 0.15) is 6.42 Å². The standard InChI is InChI=1S/C7H5BF2O8/c1-15-5(13)7(9,10)6(14)18-8-16-3(11)2-4(12)17-8/h2H2,1H3. The Balaban J connectivity index is 2.67. The molecule has 0 aromatic rings. The zero-order valence-electron chi connectivity index (χ0n) is 8.81. The molecule has 0 radical (unpaired) electrons. The van der Waals surface area contributed by atoms with Crippen LogP contribution in [0.3, 0.4) is 0 Å². The van der Waals surface area contributed by atoms with E-state index >= 15 is 0 Å². The van der Waals surface area contributed by atoms with Crippen LogP contribution in [0.4, 0.5) is 8.78 Å². The second-order valence-corrected chi connectivity index (χ2v) is 2.92. The molecule has 0 N–H and O–H groups in total. The molecule has 18 heavy (non-hydrogen) atoms. The van der Waals surface area contributed by atoms with E-state index in [0.29, 0.717) is 7.11 Å². The van der Waals surface area contributed by atoms with Gasteiger partial charge in [0.1, 0.15) is 6.42 Å². The Morgan fingerprint density at radius 1 is 1.22 bits per heavy atom. The second-order valence-electron chi connectivity index (χ2n) is 2.92. The molecule has 0 bridgehead atoms. The number of hydrogen-bond donors (Lipinski definition) is 0. The highest BCUT2D eigenvalue weighted by atomic mass is 19.3. The van der Waals surface area contributed by atoms with Crippen molar-refractivity contribution in [3.05, 3.63) is 0 Å². The predicted octanol–water partition coefficient (Wildman–Crippen LogP) is -1.19. The summed E-state index contributed by atoms with van der Waals surface area (Å²) in [5, 5.41) is 0. The van der Waals surface area contributed by atoms with Gasteiger partial charge in [0.15, 0.2) is 0 Å². The van der Waals surface area contributed by atoms with E-state index < -0.39 is 43.5 Å². The third-order valence-corrected chi connectivity index (χ3v) is 1.65. The van der Waals surface area contributed by atoms with Crippen molar-refractivity contribution in [3.8, 4) is 0 Å². The van der Waals surface area contributed by atoms with Crippen molar-refractivity contribution in [1.82, 2.24) is 0 Å². The minimum absolute atomic E-state index is 0.629. The molecule has 1 aliphatic rings. The van der Waals surface area contributed by atoms with Gasteiger partial charge in [-0.2, -0.15) is 8.78 Å². The number of esters is 1. The molecular weight excluding hydrogens is 261 g/mol. The molecule has 11 heteroatoms. The average Bonchev–Trinajstić information content (AvgIpc) is 2.26. The van der Waals surface area contributed by atoms with Crippen molar-refractivity contribution in [3.63, 3.8) is 0 Å². The number of halogens is 2. The molecule has 0 aromatic heterocycles. The fourth-order valence-electron chi connectivity index (χ4n) is 0.861. The molecule has 0 spiro atoms. The van der Waals surface area contributed by atoms with E-state index in [-0.39, 0.29) is 0 Å². The van der Waals surface area contributed by atoms with Gasteiger partial charge in [-0.3, -0.25) is 9.59 Å². The Morgan fingerprint density at radius 3 is 2.17 bits per heavy atom. The maximum Gasteiger partial charge on any atom is 0.870 e. The predicted molar refractivity (Wildman–Crippen MR) is 45.6 cm³/mol. The Kier molecular flexibility index (Phi) is 3.84. The topological polar surface area (TPSA) is 105 Å². The molecule has 1 rings (SSSR count). The first-order chi connectivity index (χ1) is 8.27. The summed E-state index contributed by atoms with van der Waals surface area (Å²) < 4.78 is 41.6. The largest absolute Gasteiger partial charge is 0.870 e. The highest BCUT2D eigenvalue weighted by molar-refractivity contribution is 6.46. The first kappa shape index (κ1) is 13.9. The van der Waals surface area contributed by atoms with E-state index in [1.807, 2.05) is 0 Å². The maximum absolute atomic E-state index is 12.9. The molecule has 0 aromatic carbocycles. The summed E-state index contributed by atoms with van der Waals surface area (Å²) >= 11 is 0. The highest BCUT2D eigenvalue weighted by Gasteiger charge is 2.54. The summed E-state index contributed by atoms with van der Waals surface area (Å²) in [6, 6.07) is 0. The van der Waals surface area contributed by atoms with Crippen molar-refractivity contribution in [2.75, 3.05) is 7.11 Å². The number of alkyl halides is 2. The van der Waals surface area contributed by atoms with Crippen LogP contribution in [0.25, 0.3) is 0 Å². The van der Waals surface area contributed by atoms with E-state index in [2.05, 4.69) is 18.7 Å². The first-order valence-electron chi connectivity index (χ1n) is 4.33. The van der Waals surface area contributed by atoms with Crippen LogP contribution >= 0.6 is 0 Å². The smallest absolute Gasteiger partial charge is 0.464 e. The number of rotatable bonds is 3. The number of ether oxygens (including phenoxy) is 1. The average molecular weight is 266 g/mol. The summed E-state index contributed by atoms with van der Waals surface area (Å²) in [4.78, 5) is 42.9. The van der Waals surface area contributed by atoms with Crippen molar-refractivity contribution < 1.29 is 46.7 Å². The van der Waals surface area contributed by atoms with Crippen LogP contribution < -0.4 is 0 Å². The lowest BCUT2D eigenvalue weighted by Gasteiger charge is -2.19. The maximum atomic E-state index is 12.9. The van der Waals surface area contributed by atoms with Crippen LogP contribution in [0, 0.1) is 0 Å². The van der Waals surface area contributed by atoms with Crippen LogP contribution in [-0.2, 0) is 37.9 Å². The summed E-state index contributed by atoms with van der Waals surface area (Å²) in [5.74, 6) is -11.4. The third-order valence-electron chi connectivity index (χ3n) is 1.65. The lowest BCUT2D eigenvalue weighted by Crippen LogP contribution is -2.47. The SMILES string of the molecule is COC(=O)C(F)(F)C(=O)OB1OC(=O)CC(=O)O1. The summed E-state index contributed by atoms with van der Waals surface area (Å²) in [6.07, 6.45) is -0.735. The zero-order valence-corrected chi connectivity index (χ0v) is 8.81. The Hall–Kier alpha value is -2.20. The molecule has 8 nitrogen and oxygen atoms in total. The fraction of sp³-hybridized carbons (Fsp3) is 0.429. The van der Waals surface area contributed by atoms with Gasteiger partial charge in [-0.25, -0.2) is 9.59 Å². The molecular formula is C7H5BF2O8. The molecule has 1 aliphatic heterocycles. The van der Waals surface area contributed by atoms with E-state index in [1.165, 1.54) is 0 Å². The lowest BCUT2D eigenvalue weighted by molar-refractivity contribution is -0.185. The van der Waals surface area contributed by atoms with Crippen molar-refractivity contribution >= 4 is 31.2 Å². The molecule has 0 unspecified atom stereocenters. The van der Waals surface area contributed by atoms with Crippen molar-refractivity contribution in [1.29, 1.82) is 0 Å². The van der Waals surface area contributed by atoms with E-state index in [0.717, 1.165) is 0 Å². The first-order valence-corrected chi connectivity index (χ1v) is 4.33. The molecule has 1 saturated heterocycles. The molecule has 98 valence electrons. The van der Waals surface area contributed by atoms with Crippen LogP contribution in [0.2, 0.25) is 0 Å². The quantitative estimate of drug-likeness (QED) is 0.356. The van der Waals surface area contributed by atoms with Crippen LogP contribution in [0.15, 0.2) is 0 Å². The number of carbonyl (C=O) groups excluding carboxylic acids is 4. The minimum atomic E-state index is -4.61. The van der Waals surface area contributed by atoms with Gasteiger partial charge in [0, 0.05) is 0 Å². The van der Waals surface area contributed by atoms with Crippen LogP contribution in [0.5, 0.6) is 0 Å². The van der Waals surface area contributed by atoms with Gasteiger partial charge in [0.25, 0.3) is 0 Å². The van der Waals surface area contributed by atoms with Gasteiger partial charge in [-0.05, 0) is 0 Å². The zero-order chi connectivity index (χ0) is 13.9. The van der Waals surface area contributed by atoms with Crippen molar-refractivity contribution in [2.24, 2.45) is 0 Å². The lowest BCUT2D eigenvalue weighted by atomic mass is 10.1. The highest BCUT2D eigenvalue weighted by Crippen LogP contribution is 2.19. The fourth-order valence-corrected chi connectivity index (χ4v) is 0.861. The second kappa shape index (κ2) is 4.98. The normalized spacial score (nSPS) is 15.6. The summed E-state index contributed by atoms with van der Waals surface area (Å²) in [7, 11) is -1.62. The van der Waals surface area contributed by atoms with Gasteiger partial charge in [0.05, 0.1) is 7.11 Å². The van der Waals surface area contributed by atoms with E-state index in [9.17, 15) is 28.0 Å². The number of hydrogen-bond acceptors (Lipinski definition) is 8. The summed E-state index contributed by atoms with van der Waals surface area (Å²) in [5.41, 5.74) is 0. The molecule has 0 amide bonds. The van der Waals surface area contributed by atoms with Gasteiger partial charge in [-0.1, -0.05) is 0 Å².